The van der Waals surface area contributed by atoms with Crippen LogP contribution >= 0.6 is 0 Å². The third kappa shape index (κ3) is 16.8. The Balaban J connectivity index is 2.04. The highest BCUT2D eigenvalue weighted by Gasteiger charge is 2.15. The molecular weight excluding hydrogens is 412 g/mol. The minimum absolute atomic E-state index is 1.22. The van der Waals surface area contributed by atoms with Gasteiger partial charge in [-0.2, -0.15) is 0 Å². The molecule has 1 heterocycles. The quantitative estimate of drug-likeness (QED) is 0.0930. The Morgan fingerprint density at radius 3 is 1.35 bits per heavy atom. The molecule has 0 unspecified atom stereocenters. The van der Waals surface area contributed by atoms with Gasteiger partial charge < -0.3 is 0 Å². The topological polar surface area (TPSA) is 8.81 Å². The summed E-state index contributed by atoms with van der Waals surface area (Å²) < 4.78 is 5.12. The predicted octanol–water partition coefficient (Wildman–Crippen LogP) is 10.4. The van der Waals surface area contributed by atoms with E-state index in [-0.39, 0.29) is 0 Å². The second kappa shape index (κ2) is 23.9. The van der Waals surface area contributed by atoms with Crippen LogP contribution in [0.2, 0.25) is 0 Å². The summed E-state index contributed by atoms with van der Waals surface area (Å²) in [5.41, 5.74) is 0. The van der Waals surface area contributed by atoms with Crippen LogP contribution in [0.25, 0.3) is 0 Å². The molecule has 2 nitrogen and oxygen atoms in total. The van der Waals surface area contributed by atoms with Crippen molar-refractivity contribution in [1.82, 2.24) is 4.57 Å². The molecule has 2 heteroatoms. The lowest BCUT2D eigenvalue weighted by Gasteiger charge is -2.06. The minimum atomic E-state index is 1.22. The molecule has 1 rings (SSSR count). The predicted molar refractivity (Wildman–Crippen MR) is 152 cm³/mol. The Hall–Kier alpha value is -0.790. The van der Waals surface area contributed by atoms with E-state index in [1.54, 1.807) is 5.82 Å². The van der Waals surface area contributed by atoms with E-state index in [0.29, 0.717) is 0 Å². The van der Waals surface area contributed by atoms with Gasteiger partial charge in [-0.3, -0.25) is 0 Å². The first-order valence-corrected chi connectivity index (χ1v) is 15.9. The Kier molecular flexibility index (Phi) is 22.0. The minimum Gasteiger partial charge on any atom is -0.234 e. The molecule has 34 heavy (non-hydrogen) atoms. The van der Waals surface area contributed by atoms with E-state index in [9.17, 15) is 0 Å². The summed E-state index contributed by atoms with van der Waals surface area (Å²) in [7, 11) is 0. The lowest BCUT2D eigenvalue weighted by Crippen LogP contribution is -2.37. The van der Waals surface area contributed by atoms with Crippen molar-refractivity contribution in [3.8, 4) is 0 Å². The highest BCUT2D eigenvalue weighted by Crippen LogP contribution is 2.14. The summed E-state index contributed by atoms with van der Waals surface area (Å²) >= 11 is 0. The lowest BCUT2D eigenvalue weighted by atomic mass is 10.0. The van der Waals surface area contributed by atoms with Gasteiger partial charge in [0.05, 0.1) is 13.1 Å². The second-order valence-electron chi connectivity index (χ2n) is 10.9. The number of hydrogen-bond acceptors (Lipinski definition) is 0. The summed E-state index contributed by atoms with van der Waals surface area (Å²) in [6.45, 7) is 9.37. The number of imidazole rings is 1. The van der Waals surface area contributed by atoms with E-state index in [2.05, 4.69) is 42.3 Å². The number of unbranched alkanes of at least 4 members (excludes halogenated alkanes) is 20. The van der Waals surface area contributed by atoms with Crippen LogP contribution in [0.15, 0.2) is 12.4 Å². The van der Waals surface area contributed by atoms with Crippen LogP contribution in [0.4, 0.5) is 0 Å². The van der Waals surface area contributed by atoms with Crippen molar-refractivity contribution < 1.29 is 4.57 Å². The third-order valence-corrected chi connectivity index (χ3v) is 7.57. The van der Waals surface area contributed by atoms with Crippen LogP contribution < -0.4 is 4.57 Å². The molecule has 0 fully saturated rings. The molecule has 0 aliphatic heterocycles. The molecule has 0 N–H and O–H groups in total. The molecule has 0 spiro atoms. The first-order valence-electron chi connectivity index (χ1n) is 15.9. The van der Waals surface area contributed by atoms with E-state index in [1.807, 2.05) is 0 Å². The van der Waals surface area contributed by atoms with Gasteiger partial charge in [-0.15, -0.1) is 0 Å². The third-order valence-electron chi connectivity index (χ3n) is 7.57. The van der Waals surface area contributed by atoms with Gasteiger partial charge in [0.25, 0.3) is 5.82 Å². The molecular formula is C32H63N2+. The van der Waals surface area contributed by atoms with Crippen molar-refractivity contribution >= 4 is 0 Å². The Bertz CT molecular complexity index is 533. The van der Waals surface area contributed by atoms with Crippen molar-refractivity contribution in [2.45, 2.75) is 188 Å². The maximum Gasteiger partial charge on any atom is 0.256 e. The lowest BCUT2D eigenvalue weighted by molar-refractivity contribution is -0.704. The van der Waals surface area contributed by atoms with Gasteiger partial charge in [-0.1, -0.05) is 136 Å². The molecule has 0 atom stereocenters. The van der Waals surface area contributed by atoms with Crippen LogP contribution in [-0.2, 0) is 19.5 Å². The largest absolute Gasteiger partial charge is 0.256 e. The first kappa shape index (κ1) is 31.2. The molecule has 0 saturated carbocycles. The van der Waals surface area contributed by atoms with Gasteiger partial charge in [-0.25, -0.2) is 9.13 Å². The van der Waals surface area contributed by atoms with Crippen LogP contribution in [0.5, 0.6) is 0 Å². The van der Waals surface area contributed by atoms with E-state index in [1.165, 1.54) is 167 Å². The van der Waals surface area contributed by atoms with Crippen molar-refractivity contribution in [2.75, 3.05) is 0 Å². The fraction of sp³-hybridized carbons (Fsp3) is 0.906. The van der Waals surface area contributed by atoms with Gasteiger partial charge in [0, 0.05) is 6.42 Å². The number of hydrogen-bond donors (Lipinski definition) is 0. The molecule has 1 aromatic rings. The van der Waals surface area contributed by atoms with Crippen LogP contribution in [-0.4, -0.2) is 4.57 Å². The van der Waals surface area contributed by atoms with Gasteiger partial charge >= 0.3 is 0 Å². The summed E-state index contributed by atoms with van der Waals surface area (Å²) in [4.78, 5) is 0. The van der Waals surface area contributed by atoms with E-state index in [4.69, 9.17) is 0 Å². The van der Waals surface area contributed by atoms with E-state index in [0.717, 1.165) is 0 Å². The summed E-state index contributed by atoms with van der Waals surface area (Å²) in [5, 5.41) is 0. The molecule has 0 aromatic carbocycles. The van der Waals surface area contributed by atoms with Crippen molar-refractivity contribution in [3.05, 3.63) is 18.2 Å². The second-order valence-corrected chi connectivity index (χ2v) is 10.9. The Morgan fingerprint density at radius 2 is 0.912 bits per heavy atom. The maximum absolute atomic E-state index is 2.56. The SMILES string of the molecule is CCCCCCCCCCCCCCCCCn1cc[n+](CCCCCCCCC)c1CCC. The van der Waals surface area contributed by atoms with Crippen LogP contribution in [0.3, 0.4) is 0 Å². The zero-order valence-electron chi connectivity index (χ0n) is 23.9. The maximum atomic E-state index is 2.56. The molecule has 200 valence electrons. The van der Waals surface area contributed by atoms with Gasteiger partial charge in [0.15, 0.2) is 0 Å². The fourth-order valence-corrected chi connectivity index (χ4v) is 5.31. The summed E-state index contributed by atoms with van der Waals surface area (Å²) in [6.07, 6.45) is 38.6. The average Bonchev–Trinajstić information content (AvgIpc) is 3.22. The highest BCUT2D eigenvalue weighted by molar-refractivity contribution is 4.84. The zero-order chi connectivity index (χ0) is 24.5. The Labute approximate surface area is 215 Å². The fourth-order valence-electron chi connectivity index (χ4n) is 5.31. The molecule has 0 aliphatic rings. The van der Waals surface area contributed by atoms with Gasteiger partial charge in [-0.05, 0) is 32.1 Å². The van der Waals surface area contributed by atoms with E-state index < -0.39 is 0 Å². The highest BCUT2D eigenvalue weighted by atomic mass is 15.1. The van der Waals surface area contributed by atoms with E-state index >= 15 is 0 Å². The van der Waals surface area contributed by atoms with Crippen molar-refractivity contribution in [3.63, 3.8) is 0 Å². The molecule has 0 bridgehead atoms. The van der Waals surface area contributed by atoms with Crippen LogP contribution in [0, 0.1) is 0 Å². The normalized spacial score (nSPS) is 11.5. The van der Waals surface area contributed by atoms with Crippen molar-refractivity contribution in [1.29, 1.82) is 0 Å². The molecule has 0 radical (unpaired) electrons. The number of aryl methyl sites for hydroxylation is 2. The monoisotopic (exact) mass is 475 g/mol. The van der Waals surface area contributed by atoms with Gasteiger partial charge in [0.2, 0.25) is 0 Å². The number of rotatable bonds is 26. The number of nitrogens with zero attached hydrogens (tertiary/aromatic N) is 2. The Morgan fingerprint density at radius 1 is 0.500 bits per heavy atom. The van der Waals surface area contributed by atoms with Crippen molar-refractivity contribution in [2.24, 2.45) is 0 Å². The van der Waals surface area contributed by atoms with Gasteiger partial charge in [0.1, 0.15) is 12.4 Å². The van der Waals surface area contributed by atoms with Crippen LogP contribution in [0.1, 0.15) is 174 Å². The first-order chi connectivity index (χ1) is 16.8. The summed E-state index contributed by atoms with van der Waals surface area (Å²) in [5.74, 6) is 1.57. The standard InChI is InChI=1S/C32H63N2/c1-4-7-9-11-13-14-15-16-17-18-19-20-22-24-26-29-34-31-30-33(32(34)27-6-3)28-25-23-21-12-10-8-5-2/h30-31H,4-29H2,1-3H3/q+1. The summed E-state index contributed by atoms with van der Waals surface area (Å²) in [6, 6.07) is 0. The molecule has 0 aliphatic carbocycles. The molecule has 1 aromatic heterocycles. The smallest absolute Gasteiger partial charge is 0.234 e. The molecule has 0 saturated heterocycles. The zero-order valence-corrected chi connectivity index (χ0v) is 23.9. The molecule has 0 amide bonds. The number of aromatic nitrogens is 2. The average molecular weight is 476 g/mol.